The van der Waals surface area contributed by atoms with Gasteiger partial charge in [0.25, 0.3) is 0 Å². The standard InChI is InChI=1S/C24H30O6/c1-3-14-11-19(29-2)18(24-23(28)22(27)21(26)20(12-25)30-24)10-17(14)9-13-4-5-15-6-7-16(15)8-13/h4-5,8,10-11,20-28H,3,6-7,9,12H2,1-2H3/t20-,21-,22+,23-,24+/m1/s1. The molecule has 1 heterocycles. The van der Waals surface area contributed by atoms with Crippen LogP contribution in [0.25, 0.3) is 0 Å². The monoisotopic (exact) mass is 414 g/mol. The Hall–Kier alpha value is -1.96. The molecule has 0 saturated carbocycles. The first-order valence-electron chi connectivity index (χ1n) is 10.6. The molecular weight excluding hydrogens is 384 g/mol. The Bertz CT molecular complexity index is 909. The Morgan fingerprint density at radius 2 is 1.73 bits per heavy atom. The van der Waals surface area contributed by atoms with Crippen LogP contribution in [0.3, 0.4) is 0 Å². The number of hydrogen-bond donors (Lipinski definition) is 4. The molecule has 0 amide bonds. The van der Waals surface area contributed by atoms with Crippen molar-refractivity contribution in [3.05, 3.63) is 63.7 Å². The zero-order valence-electron chi connectivity index (χ0n) is 17.4. The predicted molar refractivity (Wildman–Crippen MR) is 112 cm³/mol. The number of fused-ring (bicyclic) bond motifs is 1. The topological polar surface area (TPSA) is 99.4 Å². The average Bonchev–Trinajstić information content (AvgIpc) is 2.74. The largest absolute Gasteiger partial charge is 0.496 e. The van der Waals surface area contributed by atoms with Gasteiger partial charge in [0, 0.05) is 5.56 Å². The molecule has 2 aromatic rings. The van der Waals surface area contributed by atoms with Crippen molar-refractivity contribution in [3.63, 3.8) is 0 Å². The summed E-state index contributed by atoms with van der Waals surface area (Å²) in [5.41, 5.74) is 6.91. The molecule has 1 aliphatic carbocycles. The number of aryl methyl sites for hydroxylation is 3. The number of benzene rings is 2. The van der Waals surface area contributed by atoms with E-state index in [0.29, 0.717) is 11.3 Å². The maximum atomic E-state index is 10.6. The normalized spacial score (nSPS) is 28.0. The molecule has 4 rings (SSSR count). The highest BCUT2D eigenvalue weighted by atomic mass is 16.5. The minimum absolute atomic E-state index is 0.460. The van der Waals surface area contributed by atoms with E-state index in [1.165, 1.54) is 16.7 Å². The summed E-state index contributed by atoms with van der Waals surface area (Å²) in [5.74, 6) is 0.553. The quantitative estimate of drug-likeness (QED) is 0.571. The van der Waals surface area contributed by atoms with Gasteiger partial charge in [-0.25, -0.2) is 0 Å². The smallest absolute Gasteiger partial charge is 0.125 e. The third-order valence-electron chi connectivity index (χ3n) is 6.46. The first kappa shape index (κ1) is 21.3. The second kappa shape index (κ2) is 8.65. The van der Waals surface area contributed by atoms with Gasteiger partial charge in [-0.15, -0.1) is 0 Å². The molecule has 0 bridgehead atoms. The van der Waals surface area contributed by atoms with Crippen LogP contribution in [0.2, 0.25) is 0 Å². The molecular formula is C24H30O6. The van der Waals surface area contributed by atoms with E-state index in [1.807, 2.05) is 12.1 Å². The molecule has 0 unspecified atom stereocenters. The molecule has 1 aliphatic heterocycles. The highest BCUT2D eigenvalue weighted by Gasteiger charge is 2.45. The Morgan fingerprint density at radius 3 is 2.33 bits per heavy atom. The third kappa shape index (κ3) is 3.74. The lowest BCUT2D eigenvalue weighted by Gasteiger charge is -2.40. The molecule has 0 aromatic heterocycles. The van der Waals surface area contributed by atoms with Crippen LogP contribution in [0.1, 0.15) is 46.4 Å². The molecule has 162 valence electrons. The fourth-order valence-corrected chi connectivity index (χ4v) is 4.52. The summed E-state index contributed by atoms with van der Waals surface area (Å²) in [5, 5.41) is 40.5. The zero-order valence-corrected chi connectivity index (χ0v) is 17.4. The molecule has 5 atom stereocenters. The van der Waals surface area contributed by atoms with Crippen molar-refractivity contribution in [3.8, 4) is 5.75 Å². The summed E-state index contributed by atoms with van der Waals surface area (Å²) < 4.78 is 11.4. The van der Waals surface area contributed by atoms with Crippen molar-refractivity contribution in [1.29, 1.82) is 0 Å². The van der Waals surface area contributed by atoms with Crippen LogP contribution in [-0.2, 0) is 30.4 Å². The van der Waals surface area contributed by atoms with Crippen molar-refractivity contribution < 1.29 is 29.9 Å². The Morgan fingerprint density at radius 1 is 0.967 bits per heavy atom. The van der Waals surface area contributed by atoms with Gasteiger partial charge in [0.05, 0.1) is 13.7 Å². The van der Waals surface area contributed by atoms with Gasteiger partial charge in [0.1, 0.15) is 36.3 Å². The lowest BCUT2D eigenvalue weighted by molar-refractivity contribution is -0.232. The van der Waals surface area contributed by atoms with Crippen molar-refractivity contribution in [2.75, 3.05) is 13.7 Å². The van der Waals surface area contributed by atoms with Crippen LogP contribution in [0, 0.1) is 0 Å². The van der Waals surface area contributed by atoms with Crippen LogP contribution in [0.5, 0.6) is 5.75 Å². The zero-order chi connectivity index (χ0) is 21.4. The van der Waals surface area contributed by atoms with E-state index in [4.69, 9.17) is 9.47 Å². The molecule has 6 heteroatoms. The van der Waals surface area contributed by atoms with Crippen LogP contribution in [-0.4, -0.2) is 58.6 Å². The molecule has 1 fully saturated rings. The predicted octanol–water partition coefficient (Wildman–Crippen LogP) is 1.46. The molecule has 0 spiro atoms. The van der Waals surface area contributed by atoms with E-state index in [0.717, 1.165) is 36.8 Å². The Balaban J connectivity index is 1.71. The molecule has 30 heavy (non-hydrogen) atoms. The Kier molecular flexibility index (Phi) is 6.14. The van der Waals surface area contributed by atoms with E-state index in [9.17, 15) is 20.4 Å². The van der Waals surface area contributed by atoms with Crippen LogP contribution in [0.15, 0.2) is 30.3 Å². The van der Waals surface area contributed by atoms with Crippen LogP contribution >= 0.6 is 0 Å². The minimum atomic E-state index is -1.42. The van der Waals surface area contributed by atoms with Gasteiger partial charge >= 0.3 is 0 Å². The maximum Gasteiger partial charge on any atom is 0.125 e. The first-order chi connectivity index (χ1) is 14.5. The van der Waals surface area contributed by atoms with E-state index in [2.05, 4.69) is 25.1 Å². The summed E-state index contributed by atoms with van der Waals surface area (Å²) in [6.45, 7) is 1.63. The number of rotatable bonds is 6. The van der Waals surface area contributed by atoms with Gasteiger partial charge in [0.2, 0.25) is 0 Å². The van der Waals surface area contributed by atoms with Crippen LogP contribution < -0.4 is 4.74 Å². The third-order valence-corrected chi connectivity index (χ3v) is 6.46. The van der Waals surface area contributed by atoms with Gasteiger partial charge in [-0.1, -0.05) is 25.1 Å². The van der Waals surface area contributed by atoms with Crippen molar-refractivity contribution in [1.82, 2.24) is 0 Å². The fourth-order valence-electron chi connectivity index (χ4n) is 4.52. The lowest BCUT2D eigenvalue weighted by Crippen LogP contribution is -2.55. The van der Waals surface area contributed by atoms with Gasteiger partial charge in [-0.05, 0) is 65.6 Å². The summed E-state index contributed by atoms with van der Waals surface area (Å²) >= 11 is 0. The SMILES string of the molecule is CCc1cc(OC)c([C@@H]2O[C@H](CO)[C@@H](O)[C@H](O)[C@H]2O)cc1Cc1ccc2c(c1)CC2. The molecule has 2 aliphatic rings. The second-order valence-corrected chi connectivity index (χ2v) is 8.25. The van der Waals surface area contributed by atoms with Crippen LogP contribution in [0.4, 0.5) is 0 Å². The molecule has 2 aromatic carbocycles. The highest BCUT2D eigenvalue weighted by Crippen LogP contribution is 2.39. The summed E-state index contributed by atoms with van der Waals surface area (Å²) in [6, 6.07) is 10.5. The van der Waals surface area contributed by atoms with E-state index >= 15 is 0 Å². The summed E-state index contributed by atoms with van der Waals surface area (Å²) in [6.07, 6.45) is -2.18. The van der Waals surface area contributed by atoms with Gasteiger partial charge in [-0.2, -0.15) is 0 Å². The minimum Gasteiger partial charge on any atom is -0.496 e. The molecule has 1 saturated heterocycles. The maximum absolute atomic E-state index is 10.6. The van der Waals surface area contributed by atoms with Gasteiger partial charge in [0.15, 0.2) is 0 Å². The Labute approximate surface area is 176 Å². The molecule has 6 nitrogen and oxygen atoms in total. The number of methoxy groups -OCH3 is 1. The van der Waals surface area contributed by atoms with Crippen molar-refractivity contribution in [2.45, 2.75) is 63.1 Å². The lowest BCUT2D eigenvalue weighted by atomic mass is 9.85. The summed E-state index contributed by atoms with van der Waals surface area (Å²) in [7, 11) is 1.55. The van der Waals surface area contributed by atoms with E-state index in [1.54, 1.807) is 7.11 Å². The van der Waals surface area contributed by atoms with E-state index < -0.39 is 37.1 Å². The van der Waals surface area contributed by atoms with Crippen molar-refractivity contribution >= 4 is 0 Å². The van der Waals surface area contributed by atoms with E-state index in [-0.39, 0.29) is 0 Å². The number of hydrogen-bond acceptors (Lipinski definition) is 6. The highest BCUT2D eigenvalue weighted by molar-refractivity contribution is 5.48. The van der Waals surface area contributed by atoms with Gasteiger partial charge < -0.3 is 29.9 Å². The average molecular weight is 414 g/mol. The summed E-state index contributed by atoms with van der Waals surface area (Å²) in [4.78, 5) is 0. The first-order valence-corrected chi connectivity index (χ1v) is 10.6. The van der Waals surface area contributed by atoms with Gasteiger partial charge in [-0.3, -0.25) is 0 Å². The number of aliphatic hydroxyl groups is 4. The molecule has 0 radical (unpaired) electrons. The molecule has 4 N–H and O–H groups in total. The second-order valence-electron chi connectivity index (χ2n) is 8.25. The van der Waals surface area contributed by atoms with Crippen molar-refractivity contribution in [2.24, 2.45) is 0 Å². The number of aliphatic hydroxyl groups excluding tert-OH is 4. The fraction of sp³-hybridized carbons (Fsp3) is 0.500. The number of ether oxygens (including phenoxy) is 2.